The van der Waals surface area contributed by atoms with E-state index in [4.69, 9.17) is 21.1 Å². The van der Waals surface area contributed by atoms with Gasteiger partial charge in [-0.1, -0.05) is 17.7 Å². The molecule has 8 heteroatoms. The first-order valence-electron chi connectivity index (χ1n) is 8.67. The molecule has 0 saturated carbocycles. The molecule has 1 saturated heterocycles. The monoisotopic (exact) mass is 414 g/mol. The molecule has 1 aliphatic heterocycles. The Bertz CT molecular complexity index is 1060. The van der Waals surface area contributed by atoms with Gasteiger partial charge in [-0.2, -0.15) is 0 Å². The number of imide groups is 2. The predicted octanol–water partition coefficient (Wildman–Crippen LogP) is 3.64. The second-order valence-corrected chi connectivity index (χ2v) is 6.87. The number of barbiturate groups is 1. The van der Waals surface area contributed by atoms with Crippen molar-refractivity contribution < 1.29 is 23.9 Å². The number of ether oxygens (including phenoxy) is 2. The quantitative estimate of drug-likeness (QED) is 0.609. The number of urea groups is 1. The van der Waals surface area contributed by atoms with Crippen LogP contribution < -0.4 is 19.7 Å². The van der Waals surface area contributed by atoms with Crippen molar-refractivity contribution in [2.45, 2.75) is 13.8 Å². The van der Waals surface area contributed by atoms with Gasteiger partial charge >= 0.3 is 6.03 Å². The SMILES string of the molecule is COc1cc(/C=C2\C(=O)NC(=O)N(c3ccc(C)c(C)c3)C2=O)cc(Cl)c1OC. The molecule has 0 atom stereocenters. The molecule has 0 aromatic heterocycles. The fraction of sp³-hybridized carbons (Fsp3) is 0.190. The Hall–Kier alpha value is -3.32. The highest BCUT2D eigenvalue weighted by molar-refractivity contribution is 6.39. The van der Waals surface area contributed by atoms with Crippen molar-refractivity contribution in [2.75, 3.05) is 19.1 Å². The van der Waals surface area contributed by atoms with E-state index >= 15 is 0 Å². The van der Waals surface area contributed by atoms with Crippen LogP contribution in [-0.2, 0) is 9.59 Å². The van der Waals surface area contributed by atoms with Crippen LogP contribution in [0.25, 0.3) is 6.08 Å². The number of carbonyl (C=O) groups is 3. The first-order chi connectivity index (χ1) is 13.8. The van der Waals surface area contributed by atoms with E-state index in [1.807, 2.05) is 13.8 Å². The van der Waals surface area contributed by atoms with E-state index in [1.165, 1.54) is 26.4 Å². The topological polar surface area (TPSA) is 84.9 Å². The maximum Gasteiger partial charge on any atom is 0.335 e. The minimum Gasteiger partial charge on any atom is -0.493 e. The normalized spacial score (nSPS) is 15.6. The summed E-state index contributed by atoms with van der Waals surface area (Å²) in [6.45, 7) is 3.80. The fourth-order valence-electron chi connectivity index (χ4n) is 2.94. The Morgan fingerprint density at radius 1 is 1.00 bits per heavy atom. The first kappa shape index (κ1) is 20.4. The summed E-state index contributed by atoms with van der Waals surface area (Å²) in [5.41, 5.74) is 2.55. The van der Waals surface area contributed by atoms with Gasteiger partial charge in [0.25, 0.3) is 11.8 Å². The molecule has 1 N–H and O–H groups in total. The van der Waals surface area contributed by atoms with Crippen LogP contribution in [0.3, 0.4) is 0 Å². The molecule has 1 heterocycles. The van der Waals surface area contributed by atoms with E-state index in [-0.39, 0.29) is 10.6 Å². The second kappa shape index (κ2) is 7.97. The Labute approximate surface area is 172 Å². The number of nitrogens with zero attached hydrogens (tertiary/aromatic N) is 1. The number of nitrogens with one attached hydrogen (secondary N) is 1. The van der Waals surface area contributed by atoms with Crippen LogP contribution in [0.1, 0.15) is 16.7 Å². The van der Waals surface area contributed by atoms with Gasteiger partial charge in [0.15, 0.2) is 11.5 Å². The zero-order valence-corrected chi connectivity index (χ0v) is 17.1. The molecule has 150 valence electrons. The smallest absolute Gasteiger partial charge is 0.335 e. The van der Waals surface area contributed by atoms with Gasteiger partial charge in [0.2, 0.25) is 0 Å². The third-order valence-corrected chi connectivity index (χ3v) is 4.90. The van der Waals surface area contributed by atoms with Crippen LogP contribution in [0.2, 0.25) is 5.02 Å². The molecule has 2 aromatic rings. The van der Waals surface area contributed by atoms with Gasteiger partial charge in [-0.3, -0.25) is 14.9 Å². The van der Waals surface area contributed by atoms with E-state index in [9.17, 15) is 14.4 Å². The molecule has 0 spiro atoms. The van der Waals surface area contributed by atoms with Gasteiger partial charge in [-0.25, -0.2) is 9.69 Å². The minimum atomic E-state index is -0.800. The van der Waals surface area contributed by atoms with E-state index < -0.39 is 17.8 Å². The number of aryl methyl sites for hydroxylation is 2. The van der Waals surface area contributed by atoms with Crippen molar-refractivity contribution in [1.29, 1.82) is 0 Å². The summed E-state index contributed by atoms with van der Waals surface area (Å²) >= 11 is 6.20. The van der Waals surface area contributed by atoms with Crippen molar-refractivity contribution in [3.63, 3.8) is 0 Å². The number of carbonyl (C=O) groups excluding carboxylic acids is 3. The summed E-state index contributed by atoms with van der Waals surface area (Å²) in [6.07, 6.45) is 1.35. The molecule has 3 rings (SSSR count). The number of anilines is 1. The third kappa shape index (κ3) is 3.82. The lowest BCUT2D eigenvalue weighted by Gasteiger charge is -2.27. The Balaban J connectivity index is 2.06. The van der Waals surface area contributed by atoms with E-state index in [1.54, 1.807) is 24.3 Å². The lowest BCUT2D eigenvalue weighted by Crippen LogP contribution is -2.54. The van der Waals surface area contributed by atoms with Crippen molar-refractivity contribution in [1.82, 2.24) is 5.32 Å². The van der Waals surface area contributed by atoms with Gasteiger partial charge in [-0.05, 0) is 60.9 Å². The zero-order valence-electron chi connectivity index (χ0n) is 16.3. The summed E-state index contributed by atoms with van der Waals surface area (Å²) in [4.78, 5) is 38.6. The number of benzene rings is 2. The summed E-state index contributed by atoms with van der Waals surface area (Å²) in [6, 6.07) is 7.49. The van der Waals surface area contributed by atoms with Crippen molar-refractivity contribution >= 4 is 41.2 Å². The average Bonchev–Trinajstić information content (AvgIpc) is 2.67. The van der Waals surface area contributed by atoms with Crippen LogP contribution in [-0.4, -0.2) is 32.1 Å². The first-order valence-corrected chi connectivity index (χ1v) is 9.04. The number of methoxy groups -OCH3 is 2. The average molecular weight is 415 g/mol. The molecule has 4 amide bonds. The lowest BCUT2D eigenvalue weighted by atomic mass is 10.0. The summed E-state index contributed by atoms with van der Waals surface area (Å²) in [5.74, 6) is -0.834. The lowest BCUT2D eigenvalue weighted by molar-refractivity contribution is -0.122. The molecule has 2 aromatic carbocycles. The van der Waals surface area contributed by atoms with Crippen LogP contribution in [0.4, 0.5) is 10.5 Å². The third-order valence-electron chi connectivity index (χ3n) is 4.62. The summed E-state index contributed by atoms with van der Waals surface area (Å²) < 4.78 is 10.4. The fourth-order valence-corrected chi connectivity index (χ4v) is 3.24. The van der Waals surface area contributed by atoms with Crippen LogP contribution in [0.5, 0.6) is 11.5 Å². The van der Waals surface area contributed by atoms with E-state index in [0.717, 1.165) is 16.0 Å². The molecule has 0 radical (unpaired) electrons. The van der Waals surface area contributed by atoms with Gasteiger partial charge in [-0.15, -0.1) is 0 Å². The van der Waals surface area contributed by atoms with Crippen LogP contribution in [0.15, 0.2) is 35.9 Å². The molecular formula is C21H19ClN2O5. The van der Waals surface area contributed by atoms with Crippen molar-refractivity contribution in [3.8, 4) is 11.5 Å². The predicted molar refractivity (Wildman–Crippen MR) is 109 cm³/mol. The van der Waals surface area contributed by atoms with Gasteiger partial charge in [0, 0.05) is 0 Å². The largest absolute Gasteiger partial charge is 0.493 e. The molecule has 29 heavy (non-hydrogen) atoms. The zero-order chi connectivity index (χ0) is 21.3. The van der Waals surface area contributed by atoms with E-state index in [2.05, 4.69) is 5.32 Å². The molecule has 1 fully saturated rings. The highest BCUT2D eigenvalue weighted by Crippen LogP contribution is 2.37. The van der Waals surface area contributed by atoms with Gasteiger partial charge in [0.1, 0.15) is 5.57 Å². The standard InChI is InChI=1S/C21H19ClN2O5/c1-11-5-6-14(7-12(11)2)24-20(26)15(19(25)23-21(24)27)8-13-9-16(22)18(29-4)17(10-13)28-3/h5-10H,1-4H3,(H,23,25,27)/b15-8+. The Morgan fingerprint density at radius 3 is 2.34 bits per heavy atom. The Morgan fingerprint density at radius 2 is 1.72 bits per heavy atom. The maximum absolute atomic E-state index is 13.0. The Kier molecular flexibility index (Phi) is 5.61. The molecule has 0 bridgehead atoms. The number of hydrogen-bond acceptors (Lipinski definition) is 5. The van der Waals surface area contributed by atoms with Crippen LogP contribution >= 0.6 is 11.6 Å². The number of rotatable bonds is 4. The van der Waals surface area contributed by atoms with Crippen molar-refractivity contribution in [2.24, 2.45) is 0 Å². The highest BCUT2D eigenvalue weighted by Gasteiger charge is 2.37. The summed E-state index contributed by atoms with van der Waals surface area (Å²) in [7, 11) is 2.90. The molecule has 1 aliphatic rings. The molecule has 0 unspecified atom stereocenters. The highest BCUT2D eigenvalue weighted by atomic mass is 35.5. The van der Waals surface area contributed by atoms with Gasteiger partial charge < -0.3 is 9.47 Å². The van der Waals surface area contributed by atoms with E-state index in [0.29, 0.717) is 22.7 Å². The number of amides is 4. The number of halogens is 1. The van der Waals surface area contributed by atoms with Crippen LogP contribution in [0, 0.1) is 13.8 Å². The van der Waals surface area contributed by atoms with Gasteiger partial charge in [0.05, 0.1) is 24.9 Å². The summed E-state index contributed by atoms with van der Waals surface area (Å²) in [5, 5.41) is 2.45. The molecule has 0 aliphatic carbocycles. The maximum atomic E-state index is 13.0. The molecule has 7 nitrogen and oxygen atoms in total. The minimum absolute atomic E-state index is 0.203. The second-order valence-electron chi connectivity index (χ2n) is 6.46. The molecular weight excluding hydrogens is 396 g/mol. The van der Waals surface area contributed by atoms with Crippen molar-refractivity contribution in [3.05, 3.63) is 57.6 Å². The number of hydrogen-bond donors (Lipinski definition) is 1.